The summed E-state index contributed by atoms with van der Waals surface area (Å²) in [7, 11) is 2.20. The van der Waals surface area contributed by atoms with Gasteiger partial charge in [-0.15, -0.1) is 0 Å². The number of hydrogen-bond acceptors (Lipinski definition) is 4. The highest BCUT2D eigenvalue weighted by molar-refractivity contribution is 5.09. The number of aliphatic hydroxyl groups is 1. The number of nitrogens with zero attached hydrogens (tertiary/aromatic N) is 1. The van der Waals surface area contributed by atoms with Gasteiger partial charge < -0.3 is 19.5 Å². The molecule has 0 bridgehead atoms. The summed E-state index contributed by atoms with van der Waals surface area (Å²) in [6.45, 7) is 5.66. The van der Waals surface area contributed by atoms with Crippen molar-refractivity contribution in [3.8, 4) is 0 Å². The van der Waals surface area contributed by atoms with E-state index in [1.807, 2.05) is 0 Å². The Labute approximate surface area is 103 Å². The lowest BCUT2D eigenvalue weighted by Crippen LogP contribution is -2.69. The van der Waals surface area contributed by atoms with Crippen molar-refractivity contribution in [3.05, 3.63) is 0 Å². The van der Waals surface area contributed by atoms with Crippen molar-refractivity contribution in [1.29, 1.82) is 0 Å². The van der Waals surface area contributed by atoms with Gasteiger partial charge in [0.05, 0.1) is 38.4 Å². The molecule has 0 aromatic heterocycles. The van der Waals surface area contributed by atoms with Crippen LogP contribution in [0.1, 0.15) is 12.8 Å². The minimum Gasteiger partial charge on any atom is -0.396 e. The summed E-state index contributed by atoms with van der Waals surface area (Å²) in [5.74, 6) is 0.658. The van der Waals surface area contributed by atoms with Crippen molar-refractivity contribution in [2.45, 2.75) is 12.8 Å². The SMILES string of the molecule is CN1CCCC(C2(C3(CO)COC3)COC2)C1. The average molecular weight is 241 g/mol. The molecule has 3 fully saturated rings. The molecule has 0 spiro atoms. The lowest BCUT2D eigenvalue weighted by molar-refractivity contribution is -0.302. The first-order chi connectivity index (χ1) is 8.22. The molecule has 4 nitrogen and oxygen atoms in total. The molecule has 0 amide bonds. The quantitative estimate of drug-likeness (QED) is 0.774. The Morgan fingerprint density at radius 3 is 2.35 bits per heavy atom. The minimum atomic E-state index is -0.0197. The van der Waals surface area contributed by atoms with E-state index in [4.69, 9.17) is 9.47 Å². The molecule has 0 aromatic rings. The van der Waals surface area contributed by atoms with Gasteiger partial charge in [0.2, 0.25) is 0 Å². The number of likely N-dealkylation sites (tertiary alicyclic amines) is 1. The van der Waals surface area contributed by atoms with Crippen LogP contribution in [0.5, 0.6) is 0 Å². The zero-order valence-corrected chi connectivity index (χ0v) is 10.7. The van der Waals surface area contributed by atoms with E-state index in [0.717, 1.165) is 19.8 Å². The summed E-state index contributed by atoms with van der Waals surface area (Å²) in [5.41, 5.74) is 0.156. The van der Waals surface area contributed by atoms with Crippen molar-refractivity contribution < 1.29 is 14.6 Å². The zero-order valence-electron chi connectivity index (χ0n) is 10.7. The van der Waals surface area contributed by atoms with Gasteiger partial charge in [-0.2, -0.15) is 0 Å². The molecule has 3 aliphatic rings. The Morgan fingerprint density at radius 2 is 1.94 bits per heavy atom. The van der Waals surface area contributed by atoms with Crippen LogP contribution < -0.4 is 0 Å². The molecule has 0 saturated carbocycles. The molecule has 1 N–H and O–H groups in total. The van der Waals surface area contributed by atoms with E-state index in [9.17, 15) is 5.11 Å². The summed E-state index contributed by atoms with van der Waals surface area (Å²) in [5, 5.41) is 9.78. The minimum absolute atomic E-state index is 0.0197. The maximum absolute atomic E-state index is 9.78. The fourth-order valence-corrected chi connectivity index (χ4v) is 3.80. The van der Waals surface area contributed by atoms with Crippen LogP contribution in [-0.4, -0.2) is 63.2 Å². The van der Waals surface area contributed by atoms with E-state index in [0.29, 0.717) is 19.1 Å². The van der Waals surface area contributed by atoms with E-state index in [1.54, 1.807) is 0 Å². The second kappa shape index (κ2) is 4.19. The van der Waals surface area contributed by atoms with Crippen LogP contribution >= 0.6 is 0 Å². The number of aliphatic hydroxyl groups excluding tert-OH is 1. The smallest absolute Gasteiger partial charge is 0.0574 e. The Bertz CT molecular complexity index is 281. The normalized spacial score (nSPS) is 36.0. The first kappa shape index (κ1) is 11.9. The molecule has 0 aliphatic carbocycles. The maximum atomic E-state index is 9.78. The van der Waals surface area contributed by atoms with Crippen LogP contribution in [-0.2, 0) is 9.47 Å². The summed E-state index contributed by atoms with van der Waals surface area (Å²) in [4.78, 5) is 2.42. The van der Waals surface area contributed by atoms with Gasteiger partial charge >= 0.3 is 0 Å². The van der Waals surface area contributed by atoms with Crippen LogP contribution in [0.25, 0.3) is 0 Å². The lowest BCUT2D eigenvalue weighted by atomic mass is 9.53. The van der Waals surface area contributed by atoms with E-state index >= 15 is 0 Å². The third kappa shape index (κ3) is 1.58. The Kier molecular flexibility index (Phi) is 2.94. The first-order valence-corrected chi connectivity index (χ1v) is 6.67. The predicted molar refractivity (Wildman–Crippen MR) is 63.8 cm³/mol. The standard InChI is InChI=1S/C13H23NO3/c1-14-4-2-3-11(5-14)13(9-17-10-13)12(6-15)7-16-8-12/h11,15H,2-10H2,1H3. The molecule has 3 rings (SSSR count). The fraction of sp³-hybridized carbons (Fsp3) is 1.00. The molecular weight excluding hydrogens is 218 g/mol. The topological polar surface area (TPSA) is 41.9 Å². The number of piperidine rings is 1. The predicted octanol–water partition coefficient (Wildman–Crippen LogP) is 0.354. The van der Waals surface area contributed by atoms with E-state index < -0.39 is 0 Å². The van der Waals surface area contributed by atoms with Crippen LogP contribution in [0.4, 0.5) is 0 Å². The molecule has 4 heteroatoms. The molecule has 0 aromatic carbocycles. The molecule has 1 atom stereocenters. The van der Waals surface area contributed by atoms with Gasteiger partial charge in [-0.05, 0) is 32.4 Å². The van der Waals surface area contributed by atoms with Gasteiger partial charge in [-0.25, -0.2) is 0 Å². The molecule has 17 heavy (non-hydrogen) atoms. The molecule has 0 radical (unpaired) electrons. The largest absolute Gasteiger partial charge is 0.396 e. The number of ether oxygens (including phenoxy) is 2. The molecule has 98 valence electrons. The highest BCUT2D eigenvalue weighted by atomic mass is 16.5. The van der Waals surface area contributed by atoms with E-state index in [1.165, 1.54) is 19.4 Å². The Morgan fingerprint density at radius 1 is 1.24 bits per heavy atom. The van der Waals surface area contributed by atoms with Crippen molar-refractivity contribution in [3.63, 3.8) is 0 Å². The third-order valence-corrected chi connectivity index (χ3v) is 5.24. The second-order valence-corrected chi connectivity index (χ2v) is 6.18. The Balaban J connectivity index is 1.81. The third-order valence-electron chi connectivity index (χ3n) is 5.24. The lowest BCUT2D eigenvalue weighted by Gasteiger charge is -2.62. The summed E-state index contributed by atoms with van der Waals surface area (Å²) >= 11 is 0. The average Bonchev–Trinajstić information content (AvgIpc) is 2.20. The van der Waals surface area contributed by atoms with Gasteiger partial charge in [0.25, 0.3) is 0 Å². The highest BCUT2D eigenvalue weighted by Crippen LogP contribution is 2.56. The van der Waals surface area contributed by atoms with Gasteiger partial charge in [0.1, 0.15) is 0 Å². The van der Waals surface area contributed by atoms with Gasteiger partial charge in [-0.1, -0.05) is 0 Å². The van der Waals surface area contributed by atoms with E-state index in [2.05, 4.69) is 11.9 Å². The highest BCUT2D eigenvalue weighted by Gasteiger charge is 2.63. The van der Waals surface area contributed by atoms with Crippen molar-refractivity contribution in [2.24, 2.45) is 16.7 Å². The fourth-order valence-electron chi connectivity index (χ4n) is 3.80. The van der Waals surface area contributed by atoms with Gasteiger partial charge in [0.15, 0.2) is 0 Å². The summed E-state index contributed by atoms with van der Waals surface area (Å²) in [6, 6.07) is 0. The van der Waals surface area contributed by atoms with Gasteiger partial charge in [0, 0.05) is 12.0 Å². The van der Waals surface area contributed by atoms with Crippen LogP contribution in [0.15, 0.2) is 0 Å². The molecular formula is C13H23NO3. The number of hydrogen-bond donors (Lipinski definition) is 1. The van der Waals surface area contributed by atoms with E-state index in [-0.39, 0.29) is 17.4 Å². The van der Waals surface area contributed by atoms with Crippen molar-refractivity contribution in [2.75, 3.05) is 53.2 Å². The summed E-state index contributed by atoms with van der Waals surface area (Å²) in [6.07, 6.45) is 2.54. The monoisotopic (exact) mass is 241 g/mol. The zero-order chi connectivity index (χ0) is 11.9. The van der Waals surface area contributed by atoms with Gasteiger partial charge in [-0.3, -0.25) is 0 Å². The second-order valence-electron chi connectivity index (χ2n) is 6.18. The maximum Gasteiger partial charge on any atom is 0.0574 e. The van der Waals surface area contributed by atoms with Crippen LogP contribution in [0.3, 0.4) is 0 Å². The van der Waals surface area contributed by atoms with Crippen LogP contribution in [0, 0.1) is 16.7 Å². The molecule has 3 aliphatic heterocycles. The molecule has 3 heterocycles. The van der Waals surface area contributed by atoms with Crippen LogP contribution in [0.2, 0.25) is 0 Å². The Hall–Kier alpha value is -0.160. The first-order valence-electron chi connectivity index (χ1n) is 6.67. The number of rotatable bonds is 3. The van der Waals surface area contributed by atoms with Crippen molar-refractivity contribution in [1.82, 2.24) is 4.90 Å². The van der Waals surface area contributed by atoms with Crippen molar-refractivity contribution >= 4 is 0 Å². The molecule has 3 saturated heterocycles. The molecule has 1 unspecified atom stereocenters. The summed E-state index contributed by atoms with van der Waals surface area (Å²) < 4.78 is 10.9.